The average Bonchev–Trinajstić information content (AvgIpc) is 2.46. The summed E-state index contributed by atoms with van der Waals surface area (Å²) < 4.78 is 0. The number of rotatable bonds is 10. The van der Waals surface area contributed by atoms with Crippen LogP contribution in [0, 0.1) is 5.92 Å². The Kier molecular flexibility index (Phi) is 11.6. The molecule has 0 aliphatic heterocycles. The SMILES string of the molecule is CCCC=CCCC(CCCC)C/C1=C/CCCCCC1. The van der Waals surface area contributed by atoms with Gasteiger partial charge in [0.2, 0.25) is 0 Å². The number of unbranched alkanes of at least 4 members (excludes halogenated alkanes) is 2. The van der Waals surface area contributed by atoms with Gasteiger partial charge in [-0.15, -0.1) is 0 Å². The molecule has 1 rings (SSSR count). The molecule has 0 nitrogen and oxygen atoms in total. The molecule has 1 aliphatic carbocycles. The van der Waals surface area contributed by atoms with Gasteiger partial charge >= 0.3 is 0 Å². The van der Waals surface area contributed by atoms with Gasteiger partial charge in [0.05, 0.1) is 0 Å². The second-order valence-corrected chi connectivity index (χ2v) is 6.87. The minimum absolute atomic E-state index is 0.932. The first kappa shape index (κ1) is 18.5. The molecule has 0 aromatic heterocycles. The molecule has 0 radical (unpaired) electrons. The molecule has 1 atom stereocenters. The Balaban J connectivity index is 2.39. The molecule has 0 amide bonds. The van der Waals surface area contributed by atoms with E-state index in [0.29, 0.717) is 0 Å². The Hall–Kier alpha value is -0.520. The summed E-state index contributed by atoms with van der Waals surface area (Å²) in [5.74, 6) is 0.932. The first-order valence-electron chi connectivity index (χ1n) is 9.69. The Morgan fingerprint density at radius 3 is 2.57 bits per heavy atom. The molecular formula is C21H38. The van der Waals surface area contributed by atoms with Crippen LogP contribution in [-0.4, -0.2) is 0 Å². The van der Waals surface area contributed by atoms with Crippen molar-refractivity contribution in [2.45, 2.75) is 104 Å². The molecule has 0 heterocycles. The van der Waals surface area contributed by atoms with Gasteiger partial charge in [-0.25, -0.2) is 0 Å². The minimum Gasteiger partial charge on any atom is -0.0885 e. The molecule has 0 spiro atoms. The topological polar surface area (TPSA) is 0 Å². The minimum atomic E-state index is 0.932. The van der Waals surface area contributed by atoms with Crippen molar-refractivity contribution in [3.8, 4) is 0 Å². The molecule has 0 saturated heterocycles. The molecule has 0 heteroatoms. The summed E-state index contributed by atoms with van der Waals surface area (Å²) in [6, 6.07) is 0. The first-order chi connectivity index (χ1) is 10.4. The molecule has 122 valence electrons. The van der Waals surface area contributed by atoms with E-state index in [2.05, 4.69) is 32.1 Å². The normalized spacial score (nSPS) is 20.8. The highest BCUT2D eigenvalue weighted by atomic mass is 14.2. The van der Waals surface area contributed by atoms with Gasteiger partial charge in [-0.3, -0.25) is 0 Å². The lowest BCUT2D eigenvalue weighted by Crippen LogP contribution is -2.03. The largest absolute Gasteiger partial charge is 0.0885 e. The second kappa shape index (κ2) is 13.2. The van der Waals surface area contributed by atoms with Crippen molar-refractivity contribution in [3.05, 3.63) is 23.8 Å². The Morgan fingerprint density at radius 2 is 1.76 bits per heavy atom. The molecule has 0 fully saturated rings. The summed E-state index contributed by atoms with van der Waals surface area (Å²) in [5, 5.41) is 0. The van der Waals surface area contributed by atoms with Crippen LogP contribution in [0.4, 0.5) is 0 Å². The maximum Gasteiger partial charge on any atom is -0.0292 e. The van der Waals surface area contributed by atoms with E-state index in [4.69, 9.17) is 0 Å². The highest BCUT2D eigenvalue weighted by molar-refractivity contribution is 5.04. The predicted octanol–water partition coefficient (Wildman–Crippen LogP) is 7.60. The van der Waals surface area contributed by atoms with Crippen LogP contribution in [0.2, 0.25) is 0 Å². The van der Waals surface area contributed by atoms with Crippen LogP contribution < -0.4 is 0 Å². The summed E-state index contributed by atoms with van der Waals surface area (Å²) in [5.41, 5.74) is 1.79. The fourth-order valence-electron chi connectivity index (χ4n) is 3.39. The monoisotopic (exact) mass is 290 g/mol. The van der Waals surface area contributed by atoms with Crippen LogP contribution in [-0.2, 0) is 0 Å². The fourth-order valence-corrected chi connectivity index (χ4v) is 3.39. The van der Waals surface area contributed by atoms with E-state index in [0.717, 1.165) is 5.92 Å². The number of allylic oxidation sites excluding steroid dienone is 4. The highest BCUT2D eigenvalue weighted by Gasteiger charge is 2.11. The molecule has 0 aromatic rings. The van der Waals surface area contributed by atoms with Crippen molar-refractivity contribution in [2.24, 2.45) is 5.92 Å². The van der Waals surface area contributed by atoms with Gasteiger partial charge in [-0.05, 0) is 57.3 Å². The standard InChI is InChI=1S/C21H38/c1-3-5-7-9-12-16-20(15-6-4-2)19-21-17-13-10-8-11-14-18-21/h7,9,17,20H,3-6,8,10-16,18-19H2,1-2H3/b9-7?,21-17+. The maximum atomic E-state index is 2.59. The van der Waals surface area contributed by atoms with Gasteiger partial charge in [0.25, 0.3) is 0 Å². The van der Waals surface area contributed by atoms with Gasteiger partial charge in [0, 0.05) is 0 Å². The first-order valence-corrected chi connectivity index (χ1v) is 9.69. The second-order valence-electron chi connectivity index (χ2n) is 6.87. The lowest BCUT2D eigenvalue weighted by Gasteiger charge is -2.19. The molecule has 1 unspecified atom stereocenters. The number of hydrogen-bond acceptors (Lipinski definition) is 0. The van der Waals surface area contributed by atoms with E-state index >= 15 is 0 Å². The average molecular weight is 291 g/mol. The van der Waals surface area contributed by atoms with Crippen LogP contribution >= 0.6 is 0 Å². The lowest BCUT2D eigenvalue weighted by molar-refractivity contribution is 0.425. The summed E-state index contributed by atoms with van der Waals surface area (Å²) >= 11 is 0. The maximum absolute atomic E-state index is 2.59. The Bertz CT molecular complexity index is 284. The van der Waals surface area contributed by atoms with Crippen molar-refractivity contribution < 1.29 is 0 Å². The van der Waals surface area contributed by atoms with Gasteiger partial charge in [-0.1, -0.05) is 76.2 Å². The zero-order valence-electron chi connectivity index (χ0n) is 14.7. The summed E-state index contributed by atoms with van der Waals surface area (Å²) in [6.07, 6.45) is 26.7. The molecular weight excluding hydrogens is 252 g/mol. The molecule has 0 bridgehead atoms. The van der Waals surface area contributed by atoms with Crippen LogP contribution in [0.15, 0.2) is 23.8 Å². The van der Waals surface area contributed by atoms with Crippen LogP contribution in [0.1, 0.15) is 104 Å². The molecule has 21 heavy (non-hydrogen) atoms. The molecule has 0 saturated carbocycles. The third-order valence-corrected chi connectivity index (χ3v) is 4.77. The zero-order valence-corrected chi connectivity index (χ0v) is 14.7. The van der Waals surface area contributed by atoms with Crippen molar-refractivity contribution in [3.63, 3.8) is 0 Å². The van der Waals surface area contributed by atoms with Crippen molar-refractivity contribution in [1.29, 1.82) is 0 Å². The van der Waals surface area contributed by atoms with E-state index in [9.17, 15) is 0 Å². The van der Waals surface area contributed by atoms with Crippen molar-refractivity contribution in [1.82, 2.24) is 0 Å². The van der Waals surface area contributed by atoms with Gasteiger partial charge < -0.3 is 0 Å². The lowest BCUT2D eigenvalue weighted by atomic mass is 9.87. The van der Waals surface area contributed by atoms with E-state index in [1.807, 2.05) is 0 Å². The van der Waals surface area contributed by atoms with E-state index in [1.54, 1.807) is 5.57 Å². The van der Waals surface area contributed by atoms with Crippen molar-refractivity contribution in [2.75, 3.05) is 0 Å². The van der Waals surface area contributed by atoms with E-state index in [-0.39, 0.29) is 0 Å². The Labute approximate surface area is 134 Å². The van der Waals surface area contributed by atoms with E-state index in [1.165, 1.54) is 89.9 Å². The van der Waals surface area contributed by atoms with Crippen LogP contribution in [0.3, 0.4) is 0 Å². The van der Waals surface area contributed by atoms with Gasteiger partial charge in [0.15, 0.2) is 0 Å². The number of hydrogen-bond donors (Lipinski definition) is 0. The van der Waals surface area contributed by atoms with E-state index < -0.39 is 0 Å². The molecule has 1 aliphatic rings. The third-order valence-electron chi connectivity index (χ3n) is 4.77. The Morgan fingerprint density at radius 1 is 0.952 bits per heavy atom. The summed E-state index contributed by atoms with van der Waals surface area (Å²) in [7, 11) is 0. The fraction of sp³-hybridized carbons (Fsp3) is 0.810. The third kappa shape index (κ3) is 9.93. The molecule has 0 aromatic carbocycles. The van der Waals surface area contributed by atoms with Crippen LogP contribution in [0.5, 0.6) is 0 Å². The summed E-state index contributed by atoms with van der Waals surface area (Å²) in [4.78, 5) is 0. The predicted molar refractivity (Wildman–Crippen MR) is 96.7 cm³/mol. The summed E-state index contributed by atoms with van der Waals surface area (Å²) in [6.45, 7) is 4.59. The highest BCUT2D eigenvalue weighted by Crippen LogP contribution is 2.28. The van der Waals surface area contributed by atoms with Crippen molar-refractivity contribution >= 4 is 0 Å². The zero-order chi connectivity index (χ0) is 15.2. The molecule has 0 N–H and O–H groups in total. The van der Waals surface area contributed by atoms with Crippen LogP contribution in [0.25, 0.3) is 0 Å². The van der Waals surface area contributed by atoms with Gasteiger partial charge in [-0.2, -0.15) is 0 Å². The quantitative estimate of drug-likeness (QED) is 0.363. The smallest absolute Gasteiger partial charge is 0.0292 e. The van der Waals surface area contributed by atoms with Gasteiger partial charge in [0.1, 0.15) is 0 Å².